The molecule has 0 aromatic carbocycles. The highest BCUT2D eigenvalue weighted by molar-refractivity contribution is 7.84. The topological polar surface area (TPSA) is 178 Å². The third-order valence-corrected chi connectivity index (χ3v) is 5.49. The highest BCUT2D eigenvalue weighted by Gasteiger charge is 2.35. The number of carbonyl (C=O) groups is 1. The van der Waals surface area contributed by atoms with Crippen molar-refractivity contribution >= 4 is 21.9 Å². The summed E-state index contributed by atoms with van der Waals surface area (Å²) >= 11 is 0. The second-order valence-electron chi connectivity index (χ2n) is 7.52. The van der Waals surface area contributed by atoms with Gasteiger partial charge in [-0.05, 0) is 31.4 Å². The van der Waals surface area contributed by atoms with Gasteiger partial charge in [0.1, 0.15) is 18.2 Å². The molecule has 0 spiro atoms. The first-order chi connectivity index (χ1) is 14.5. The molecule has 11 nitrogen and oxygen atoms in total. The number of nitrogens with two attached hydrogens (primary N) is 1. The fraction of sp³-hybridized carbons (Fsp3) is 0.421. The van der Waals surface area contributed by atoms with Crippen LogP contribution in [0.25, 0.3) is 0 Å². The third-order valence-electron chi connectivity index (χ3n) is 5.03. The first-order valence-electron chi connectivity index (χ1n) is 9.43. The number of aliphatic hydroxyl groups excluding tert-OH is 2. The molecule has 5 N–H and O–H groups in total. The Bertz CT molecular complexity index is 1070. The van der Waals surface area contributed by atoms with Gasteiger partial charge in [-0.2, -0.15) is 8.42 Å². The minimum atomic E-state index is -4.10. The molecule has 1 fully saturated rings. The summed E-state index contributed by atoms with van der Waals surface area (Å²) in [4.78, 5) is 20.9. The molecule has 1 aliphatic rings. The zero-order valence-corrected chi connectivity index (χ0v) is 17.6. The molecule has 4 atom stereocenters. The van der Waals surface area contributed by atoms with Crippen LogP contribution in [0.5, 0.6) is 0 Å². The molecule has 2 unspecified atom stereocenters. The van der Waals surface area contributed by atoms with Crippen molar-refractivity contribution in [3.8, 4) is 0 Å². The van der Waals surface area contributed by atoms with Crippen LogP contribution in [0.1, 0.15) is 47.6 Å². The number of nitrogens with one attached hydrogen (secondary N) is 1. The van der Waals surface area contributed by atoms with E-state index in [0.29, 0.717) is 24.0 Å². The van der Waals surface area contributed by atoms with Gasteiger partial charge in [0, 0.05) is 23.7 Å². The Kier molecular flexibility index (Phi) is 6.86. The first-order valence-corrected chi connectivity index (χ1v) is 10.9. The summed E-state index contributed by atoms with van der Waals surface area (Å²) in [5.41, 5.74) is 1.05. The van der Waals surface area contributed by atoms with E-state index in [2.05, 4.69) is 26.0 Å². The van der Waals surface area contributed by atoms with Crippen molar-refractivity contribution < 1.29 is 32.0 Å². The van der Waals surface area contributed by atoms with Crippen LogP contribution >= 0.6 is 0 Å². The molecule has 1 aliphatic carbocycles. The van der Waals surface area contributed by atoms with Crippen LogP contribution in [-0.2, 0) is 14.5 Å². The van der Waals surface area contributed by atoms with Gasteiger partial charge in [-0.3, -0.25) is 8.98 Å². The summed E-state index contributed by atoms with van der Waals surface area (Å²) in [6.45, 7) is 5.09. The van der Waals surface area contributed by atoms with Crippen molar-refractivity contribution in [2.45, 2.75) is 38.0 Å². The number of carbonyl (C=O) groups excluding carboxylic acids is 1. The second-order valence-corrected chi connectivity index (χ2v) is 8.75. The SMILES string of the molecule is C=C(C)C(O)c1coc(C(=O)c2cncnc2N[C@@H]2CC(COS(N)(=O)=O)[C@@H](O)C2)c1. The average molecular weight is 452 g/mol. The number of aliphatic hydroxyl groups is 2. The summed E-state index contributed by atoms with van der Waals surface area (Å²) in [5.74, 6) is -0.702. The molecule has 0 radical (unpaired) electrons. The number of anilines is 1. The smallest absolute Gasteiger partial charge is 0.333 e. The number of hydrogen-bond acceptors (Lipinski definition) is 10. The van der Waals surface area contributed by atoms with E-state index in [1.807, 2.05) is 0 Å². The molecule has 0 bridgehead atoms. The van der Waals surface area contributed by atoms with Crippen LogP contribution in [0.4, 0.5) is 5.82 Å². The van der Waals surface area contributed by atoms with Crippen molar-refractivity contribution in [1.29, 1.82) is 0 Å². The molecular formula is C19H24N4O7S. The summed E-state index contributed by atoms with van der Waals surface area (Å²) in [5, 5.41) is 28.2. The highest BCUT2D eigenvalue weighted by atomic mass is 32.2. The zero-order valence-electron chi connectivity index (χ0n) is 16.8. The number of rotatable bonds is 9. The molecule has 2 heterocycles. The van der Waals surface area contributed by atoms with Crippen LogP contribution in [0.15, 0.2) is 41.4 Å². The minimum absolute atomic E-state index is 0.000893. The molecule has 12 heteroatoms. The zero-order chi connectivity index (χ0) is 22.8. The van der Waals surface area contributed by atoms with Gasteiger partial charge in [-0.25, -0.2) is 15.1 Å². The maximum atomic E-state index is 12.9. The Balaban J connectivity index is 1.72. The van der Waals surface area contributed by atoms with E-state index >= 15 is 0 Å². The lowest BCUT2D eigenvalue weighted by Crippen LogP contribution is -2.24. The predicted octanol–water partition coefficient (Wildman–Crippen LogP) is 0.682. The molecule has 0 aliphatic heterocycles. The van der Waals surface area contributed by atoms with Gasteiger partial charge in [0.25, 0.3) is 0 Å². The van der Waals surface area contributed by atoms with E-state index in [1.54, 1.807) is 6.92 Å². The van der Waals surface area contributed by atoms with E-state index < -0.39 is 34.2 Å². The Morgan fingerprint density at radius 3 is 2.90 bits per heavy atom. The summed E-state index contributed by atoms with van der Waals surface area (Å²) in [7, 11) is -4.10. The summed E-state index contributed by atoms with van der Waals surface area (Å²) in [6.07, 6.45) is 2.80. The van der Waals surface area contributed by atoms with Crippen LogP contribution in [0.2, 0.25) is 0 Å². The van der Waals surface area contributed by atoms with E-state index in [0.717, 1.165) is 0 Å². The van der Waals surface area contributed by atoms with Crippen molar-refractivity contribution in [2.24, 2.45) is 11.1 Å². The quantitative estimate of drug-likeness (QED) is 0.312. The normalized spacial score (nSPS) is 22.3. The molecule has 168 valence electrons. The molecule has 1 saturated carbocycles. The van der Waals surface area contributed by atoms with E-state index in [4.69, 9.17) is 9.56 Å². The van der Waals surface area contributed by atoms with Crippen molar-refractivity contribution in [3.63, 3.8) is 0 Å². The van der Waals surface area contributed by atoms with E-state index in [9.17, 15) is 23.4 Å². The van der Waals surface area contributed by atoms with Gasteiger partial charge in [0.15, 0.2) is 5.76 Å². The lowest BCUT2D eigenvalue weighted by molar-refractivity contribution is 0.100. The van der Waals surface area contributed by atoms with Crippen molar-refractivity contribution in [2.75, 3.05) is 11.9 Å². The lowest BCUT2D eigenvalue weighted by atomic mass is 10.1. The Hall–Kier alpha value is -2.64. The Morgan fingerprint density at radius 2 is 2.23 bits per heavy atom. The van der Waals surface area contributed by atoms with Crippen molar-refractivity contribution in [3.05, 3.63) is 53.9 Å². The van der Waals surface area contributed by atoms with Gasteiger partial charge < -0.3 is 19.9 Å². The number of furan rings is 1. The van der Waals surface area contributed by atoms with E-state index in [-0.39, 0.29) is 29.8 Å². The number of ketones is 1. The van der Waals surface area contributed by atoms with Crippen LogP contribution < -0.4 is 10.5 Å². The molecular weight excluding hydrogens is 428 g/mol. The minimum Gasteiger partial charge on any atom is -0.460 e. The van der Waals surface area contributed by atoms with Gasteiger partial charge in [0.2, 0.25) is 5.78 Å². The monoisotopic (exact) mass is 452 g/mol. The molecule has 0 saturated heterocycles. The van der Waals surface area contributed by atoms with Crippen molar-refractivity contribution in [1.82, 2.24) is 9.97 Å². The standard InChI is InChI=1S/C19H24N4O7S/c1-10(2)17(25)12-4-16(29-7-12)18(26)14-6-21-9-22-19(14)23-13-3-11(15(24)5-13)8-30-31(20,27)28/h4,6-7,9,11,13,15,17,24-25H,1,3,5,8H2,2H3,(H2,20,27,28)(H,21,22,23)/t11?,13-,15+,17?/m1/s1. The maximum Gasteiger partial charge on any atom is 0.333 e. The van der Waals surface area contributed by atoms with E-state index in [1.165, 1.54) is 24.9 Å². The summed E-state index contributed by atoms with van der Waals surface area (Å²) in [6, 6.07) is 1.14. The number of nitrogens with zero attached hydrogens (tertiary/aromatic N) is 2. The average Bonchev–Trinajstić information content (AvgIpc) is 3.32. The molecule has 3 rings (SSSR count). The highest BCUT2D eigenvalue weighted by Crippen LogP contribution is 2.30. The molecule has 2 aromatic rings. The third kappa shape index (κ3) is 5.74. The summed E-state index contributed by atoms with van der Waals surface area (Å²) < 4.78 is 31.9. The molecule has 31 heavy (non-hydrogen) atoms. The van der Waals surface area contributed by atoms with Crippen LogP contribution in [-0.4, -0.2) is 53.1 Å². The molecule has 0 amide bonds. The molecule has 2 aromatic heterocycles. The largest absolute Gasteiger partial charge is 0.460 e. The van der Waals surface area contributed by atoms with Crippen LogP contribution in [0, 0.1) is 5.92 Å². The Labute approximate surface area is 179 Å². The van der Waals surface area contributed by atoms with Gasteiger partial charge in [-0.1, -0.05) is 6.58 Å². The predicted molar refractivity (Wildman–Crippen MR) is 109 cm³/mol. The fourth-order valence-electron chi connectivity index (χ4n) is 3.42. The number of hydrogen-bond donors (Lipinski definition) is 4. The Morgan fingerprint density at radius 1 is 1.48 bits per heavy atom. The van der Waals surface area contributed by atoms with Gasteiger partial charge >= 0.3 is 10.3 Å². The second kappa shape index (κ2) is 9.24. The maximum absolute atomic E-state index is 12.9. The first kappa shape index (κ1) is 23.0. The van der Waals surface area contributed by atoms with Gasteiger partial charge in [0.05, 0.1) is 24.5 Å². The van der Waals surface area contributed by atoms with Crippen LogP contribution in [0.3, 0.4) is 0 Å². The fourth-order valence-corrected chi connectivity index (χ4v) is 3.78. The number of aromatic nitrogens is 2. The van der Waals surface area contributed by atoms with Gasteiger partial charge in [-0.15, -0.1) is 0 Å². The lowest BCUT2D eigenvalue weighted by Gasteiger charge is -2.15.